The molecule has 0 spiro atoms. The molecule has 0 aromatic rings. The van der Waals surface area contributed by atoms with Gasteiger partial charge in [-0.3, -0.25) is 0 Å². The Morgan fingerprint density at radius 3 is 2.54 bits per heavy atom. The standard InChI is InChI=1S/C6H13N3O2S.Au/c1-4-8(2)6(12,5(10)11)7-9(4)3;/h4,7,12H,1-3H3,(H,10,11);/q;+1/p-1. The first-order chi connectivity index (χ1) is 5.93. The molecule has 1 aliphatic heterocycles. The van der Waals surface area contributed by atoms with Gasteiger partial charge in [0.2, 0.25) is 0 Å². The molecule has 0 aromatic heterocycles. The van der Waals surface area contributed by atoms with E-state index in [2.05, 4.69) is 21.3 Å². The molecule has 0 aliphatic carbocycles. The Kier molecular flexibility index (Phi) is 3.45. The zero-order valence-electron chi connectivity index (χ0n) is 7.54. The van der Waals surface area contributed by atoms with Gasteiger partial charge in [0, 0.05) is 0 Å². The number of carbonyl (C=O) groups excluding carboxylic acids is 1. The Hall–Kier alpha value is 0.440. The summed E-state index contributed by atoms with van der Waals surface area (Å²) < 4.78 is 4.60. The fraction of sp³-hybridized carbons (Fsp3) is 0.833. The van der Waals surface area contributed by atoms with Gasteiger partial charge in [-0.25, -0.2) is 0 Å². The molecule has 1 rings (SSSR count). The molecule has 0 bridgehead atoms. The molecule has 2 unspecified atom stereocenters. The van der Waals surface area contributed by atoms with Crippen LogP contribution in [0.1, 0.15) is 6.92 Å². The van der Waals surface area contributed by atoms with Crippen LogP contribution >= 0.6 is 12.6 Å². The molecule has 5 nitrogen and oxygen atoms in total. The minimum atomic E-state index is -1.07. The van der Waals surface area contributed by atoms with Crippen molar-refractivity contribution in [1.29, 1.82) is 0 Å². The summed E-state index contributed by atoms with van der Waals surface area (Å²) in [6, 6.07) is 0. The molecule has 0 radical (unpaired) electrons. The SMILES string of the molecule is CC1N(C)NC(S)(C(=O)[O][Au])N1C. The van der Waals surface area contributed by atoms with Crippen molar-refractivity contribution in [2.75, 3.05) is 14.1 Å². The third-order valence-electron chi connectivity index (χ3n) is 2.30. The van der Waals surface area contributed by atoms with E-state index in [1.54, 1.807) is 38.4 Å². The van der Waals surface area contributed by atoms with E-state index in [0.29, 0.717) is 0 Å². The van der Waals surface area contributed by atoms with E-state index in [9.17, 15) is 4.79 Å². The molecule has 0 aromatic carbocycles. The van der Waals surface area contributed by atoms with Crippen molar-refractivity contribution < 1.29 is 29.5 Å². The monoisotopic (exact) mass is 387 g/mol. The third-order valence-corrected chi connectivity index (χ3v) is 3.30. The Labute approximate surface area is 95.6 Å². The maximum absolute atomic E-state index is 11.4. The summed E-state index contributed by atoms with van der Waals surface area (Å²) in [6.07, 6.45) is 0.0879. The van der Waals surface area contributed by atoms with Crippen LogP contribution < -0.4 is 5.43 Å². The number of hydrazine groups is 1. The first-order valence-electron chi connectivity index (χ1n) is 3.69. The van der Waals surface area contributed by atoms with Gasteiger partial charge < -0.3 is 0 Å². The van der Waals surface area contributed by atoms with E-state index in [4.69, 9.17) is 0 Å². The Balaban J connectivity index is 2.87. The predicted molar refractivity (Wildman–Crippen MR) is 45.9 cm³/mol. The zero-order chi connectivity index (χ0) is 10.2. The first kappa shape index (κ1) is 11.5. The van der Waals surface area contributed by atoms with Gasteiger partial charge >= 0.3 is 95.6 Å². The van der Waals surface area contributed by atoms with Gasteiger partial charge in [0.25, 0.3) is 0 Å². The summed E-state index contributed by atoms with van der Waals surface area (Å²) in [5.41, 5.74) is 2.92. The number of hydrogen-bond donors (Lipinski definition) is 2. The molecular weight excluding hydrogens is 375 g/mol. The van der Waals surface area contributed by atoms with Crippen LogP contribution in [0.4, 0.5) is 0 Å². The second kappa shape index (κ2) is 3.90. The van der Waals surface area contributed by atoms with Gasteiger partial charge in [-0.1, -0.05) is 0 Å². The maximum atomic E-state index is 11.4. The topological polar surface area (TPSA) is 44.8 Å². The van der Waals surface area contributed by atoms with Crippen LogP contribution in [0.3, 0.4) is 0 Å². The van der Waals surface area contributed by atoms with E-state index < -0.39 is 11.0 Å². The van der Waals surface area contributed by atoms with Gasteiger partial charge in [-0.15, -0.1) is 0 Å². The van der Waals surface area contributed by atoms with E-state index in [0.717, 1.165) is 0 Å². The van der Waals surface area contributed by atoms with Gasteiger partial charge in [0.1, 0.15) is 0 Å². The number of likely N-dealkylation sites (N-methyl/N-ethyl adjacent to an activating group) is 1. The van der Waals surface area contributed by atoms with E-state index >= 15 is 0 Å². The van der Waals surface area contributed by atoms with Gasteiger partial charge in [0.15, 0.2) is 0 Å². The Morgan fingerprint density at radius 1 is 1.69 bits per heavy atom. The van der Waals surface area contributed by atoms with Crippen molar-refractivity contribution >= 4 is 18.6 Å². The average Bonchev–Trinajstić information content (AvgIpc) is 2.30. The molecule has 13 heavy (non-hydrogen) atoms. The second-order valence-corrected chi connectivity index (χ2v) is 4.08. The van der Waals surface area contributed by atoms with Crippen LogP contribution in [0.2, 0.25) is 0 Å². The zero-order valence-corrected chi connectivity index (χ0v) is 10.6. The number of hydrogen-bond acceptors (Lipinski definition) is 6. The Bertz CT molecular complexity index is 230. The number of rotatable bonds is 1. The summed E-state index contributed by atoms with van der Waals surface area (Å²) in [4.78, 5) is 12.1. The van der Waals surface area contributed by atoms with Crippen LogP contribution in [0.15, 0.2) is 0 Å². The summed E-state index contributed by atoms with van der Waals surface area (Å²) in [5, 5.41) is 1.80. The quantitative estimate of drug-likeness (QED) is 0.461. The molecule has 1 aliphatic rings. The molecule has 80 valence electrons. The molecule has 1 fully saturated rings. The summed E-state index contributed by atoms with van der Waals surface area (Å²) >= 11 is 5.99. The minimum absolute atomic E-state index is 0.0879. The number of nitrogens with zero attached hydrogens (tertiary/aromatic N) is 2. The first-order valence-corrected chi connectivity index (χ1v) is 5.02. The van der Waals surface area contributed by atoms with Crippen molar-refractivity contribution in [3.8, 4) is 0 Å². The second-order valence-electron chi connectivity index (χ2n) is 2.99. The molecule has 0 amide bonds. The fourth-order valence-electron chi connectivity index (χ4n) is 1.18. The van der Waals surface area contributed by atoms with E-state index in [1.165, 1.54) is 0 Å². The van der Waals surface area contributed by atoms with Crippen LogP contribution in [0.5, 0.6) is 0 Å². The van der Waals surface area contributed by atoms with Crippen molar-refractivity contribution in [3.63, 3.8) is 0 Å². The molecule has 2 atom stereocenters. The Morgan fingerprint density at radius 2 is 2.23 bits per heavy atom. The summed E-state index contributed by atoms with van der Waals surface area (Å²) in [6.45, 7) is 1.96. The van der Waals surface area contributed by atoms with Gasteiger partial charge in [-0.2, -0.15) is 0 Å². The van der Waals surface area contributed by atoms with Crippen molar-refractivity contribution in [2.45, 2.75) is 18.1 Å². The number of carbonyl (C=O) groups is 1. The summed E-state index contributed by atoms with van der Waals surface area (Å²) in [7, 11) is 3.65. The molecule has 7 heteroatoms. The van der Waals surface area contributed by atoms with Crippen LogP contribution in [-0.2, 0) is 29.5 Å². The number of nitrogens with one attached hydrogen (secondary N) is 1. The summed E-state index contributed by atoms with van der Waals surface area (Å²) in [5.74, 6) is -0.433. The number of thiol groups is 1. The average molecular weight is 387 g/mol. The molecular formula is C6H12AuN3O2S. The predicted octanol–water partition coefficient (Wildman–Crippen LogP) is -0.697. The van der Waals surface area contributed by atoms with Crippen LogP contribution in [-0.4, -0.2) is 41.1 Å². The van der Waals surface area contributed by atoms with Gasteiger partial charge in [-0.05, 0) is 0 Å². The fourth-order valence-corrected chi connectivity index (χ4v) is 2.04. The van der Waals surface area contributed by atoms with Crippen molar-refractivity contribution in [3.05, 3.63) is 0 Å². The van der Waals surface area contributed by atoms with E-state index in [1.807, 2.05) is 14.0 Å². The van der Waals surface area contributed by atoms with Crippen LogP contribution in [0, 0.1) is 0 Å². The van der Waals surface area contributed by atoms with Crippen molar-refractivity contribution in [1.82, 2.24) is 15.3 Å². The molecule has 1 heterocycles. The van der Waals surface area contributed by atoms with E-state index in [-0.39, 0.29) is 6.17 Å². The normalized spacial score (nSPS) is 36.6. The van der Waals surface area contributed by atoms with Crippen molar-refractivity contribution in [2.24, 2.45) is 0 Å². The molecule has 0 saturated carbocycles. The van der Waals surface area contributed by atoms with Crippen LogP contribution in [0.25, 0.3) is 0 Å². The third kappa shape index (κ3) is 1.80. The molecule has 1 saturated heterocycles. The van der Waals surface area contributed by atoms with Gasteiger partial charge in [0.05, 0.1) is 0 Å². The molecule has 1 N–H and O–H groups in total.